The molecule has 1 saturated heterocycles. The van der Waals surface area contributed by atoms with Gasteiger partial charge in [-0.1, -0.05) is 6.08 Å². The summed E-state index contributed by atoms with van der Waals surface area (Å²) in [5.41, 5.74) is 13.8. The van der Waals surface area contributed by atoms with Gasteiger partial charge in [-0.05, 0) is 37.2 Å². The first-order valence-electron chi connectivity index (χ1n) is 9.46. The number of nitrogens with zero attached hydrogens (tertiary/aromatic N) is 3. The topological polar surface area (TPSA) is 118 Å². The van der Waals surface area contributed by atoms with Gasteiger partial charge in [0, 0.05) is 50.0 Å². The van der Waals surface area contributed by atoms with Gasteiger partial charge >= 0.3 is 0 Å². The molecule has 0 bridgehead atoms. The molecule has 8 heteroatoms. The van der Waals surface area contributed by atoms with Gasteiger partial charge in [0.1, 0.15) is 5.75 Å². The van der Waals surface area contributed by atoms with Crippen LogP contribution < -0.4 is 26.4 Å². The van der Waals surface area contributed by atoms with Crippen molar-refractivity contribution in [1.29, 1.82) is 5.41 Å². The van der Waals surface area contributed by atoms with Crippen LogP contribution in [-0.4, -0.2) is 48.3 Å². The third kappa shape index (κ3) is 4.28. The number of hydrogen-bond acceptors (Lipinski definition) is 7. The fourth-order valence-corrected chi connectivity index (χ4v) is 3.40. The summed E-state index contributed by atoms with van der Waals surface area (Å²) in [6.45, 7) is 2.38. The van der Waals surface area contributed by atoms with Crippen molar-refractivity contribution in [2.24, 2.45) is 12.8 Å². The lowest BCUT2D eigenvalue weighted by Crippen LogP contribution is -2.41. The van der Waals surface area contributed by atoms with E-state index in [1.165, 1.54) is 0 Å². The van der Waals surface area contributed by atoms with Gasteiger partial charge in [0.25, 0.3) is 0 Å². The van der Waals surface area contributed by atoms with Gasteiger partial charge in [0.05, 0.1) is 18.5 Å². The van der Waals surface area contributed by atoms with E-state index >= 15 is 0 Å². The Morgan fingerprint density at radius 1 is 1.36 bits per heavy atom. The summed E-state index contributed by atoms with van der Waals surface area (Å²) in [7, 11) is 3.46. The zero-order valence-corrected chi connectivity index (χ0v) is 16.5. The van der Waals surface area contributed by atoms with Crippen molar-refractivity contribution >= 4 is 17.2 Å². The van der Waals surface area contributed by atoms with Gasteiger partial charge in [0.15, 0.2) is 5.82 Å². The SMILES string of the molecule is COc1ccc(N)c(C(=N)c2cc(N3CCC(N/C=C\CN)CC3)nn2C)c1. The predicted octanol–water partition coefficient (Wildman–Crippen LogP) is 1.46. The van der Waals surface area contributed by atoms with Crippen LogP contribution in [0.3, 0.4) is 0 Å². The van der Waals surface area contributed by atoms with Crippen molar-refractivity contribution in [3.8, 4) is 5.75 Å². The molecular weight excluding hydrogens is 354 g/mol. The minimum atomic E-state index is 0.334. The van der Waals surface area contributed by atoms with Crippen LogP contribution in [-0.2, 0) is 7.05 Å². The monoisotopic (exact) mass is 383 g/mol. The molecule has 0 aliphatic carbocycles. The molecule has 0 atom stereocenters. The van der Waals surface area contributed by atoms with Crippen LogP contribution in [0.2, 0.25) is 0 Å². The number of ether oxygens (including phenoxy) is 1. The molecule has 3 rings (SSSR count). The number of nitrogen functional groups attached to an aromatic ring is 1. The Bertz CT molecular complexity index is 850. The van der Waals surface area contributed by atoms with Gasteiger partial charge in [-0.25, -0.2) is 0 Å². The lowest BCUT2D eigenvalue weighted by molar-refractivity contribution is 0.415. The first kappa shape index (κ1) is 19.8. The molecule has 0 saturated carbocycles. The molecule has 28 heavy (non-hydrogen) atoms. The Hall–Kier alpha value is -3.00. The van der Waals surface area contributed by atoms with Crippen LogP contribution in [0.1, 0.15) is 24.1 Å². The van der Waals surface area contributed by atoms with Crippen LogP contribution in [0.5, 0.6) is 5.75 Å². The molecule has 1 aromatic heterocycles. The van der Waals surface area contributed by atoms with E-state index in [0.717, 1.165) is 37.4 Å². The number of aromatic nitrogens is 2. The Balaban J connectivity index is 1.72. The second kappa shape index (κ2) is 8.79. The van der Waals surface area contributed by atoms with Crippen LogP contribution >= 0.6 is 0 Å². The number of hydrogen-bond donors (Lipinski definition) is 4. The normalized spacial score (nSPS) is 15.2. The smallest absolute Gasteiger partial charge is 0.151 e. The van der Waals surface area contributed by atoms with Crippen molar-refractivity contribution in [2.45, 2.75) is 18.9 Å². The highest BCUT2D eigenvalue weighted by molar-refractivity contribution is 6.13. The summed E-state index contributed by atoms with van der Waals surface area (Å²) in [5.74, 6) is 1.56. The molecule has 150 valence electrons. The molecule has 2 aromatic rings. The van der Waals surface area contributed by atoms with Gasteiger partial charge in [0.2, 0.25) is 0 Å². The standard InChI is InChI=1S/C20H29N7O/c1-26-18(20(23)16-12-15(28-2)4-5-17(16)22)13-19(25-26)27-10-6-14(7-11-27)24-9-3-8-21/h3-5,9,12-14,23-24H,6-8,10-11,21-22H2,1-2H3/b9-3-,23-20?. The average Bonchev–Trinajstić information content (AvgIpc) is 3.10. The highest BCUT2D eigenvalue weighted by Crippen LogP contribution is 2.25. The van der Waals surface area contributed by atoms with Crippen molar-refractivity contribution in [2.75, 3.05) is 37.4 Å². The third-order valence-electron chi connectivity index (χ3n) is 5.06. The lowest BCUT2D eigenvalue weighted by Gasteiger charge is -2.32. The number of nitrogens with one attached hydrogen (secondary N) is 2. The maximum atomic E-state index is 8.64. The maximum absolute atomic E-state index is 8.64. The number of rotatable bonds is 7. The fourth-order valence-electron chi connectivity index (χ4n) is 3.40. The quantitative estimate of drug-likeness (QED) is 0.425. The Labute approximate surface area is 165 Å². The first-order valence-corrected chi connectivity index (χ1v) is 9.46. The van der Waals surface area contributed by atoms with E-state index in [2.05, 4.69) is 15.3 Å². The summed E-state index contributed by atoms with van der Waals surface area (Å²) < 4.78 is 7.01. The summed E-state index contributed by atoms with van der Waals surface area (Å²) >= 11 is 0. The largest absolute Gasteiger partial charge is 0.497 e. The summed E-state index contributed by atoms with van der Waals surface area (Å²) in [4.78, 5) is 2.26. The van der Waals surface area contributed by atoms with Gasteiger partial charge in [-0.3, -0.25) is 10.1 Å². The van der Waals surface area contributed by atoms with Crippen molar-refractivity contribution in [3.63, 3.8) is 0 Å². The molecule has 1 fully saturated rings. The van der Waals surface area contributed by atoms with Crippen molar-refractivity contribution in [3.05, 3.63) is 47.8 Å². The number of nitrogens with two attached hydrogens (primary N) is 2. The molecule has 6 N–H and O–H groups in total. The summed E-state index contributed by atoms with van der Waals surface area (Å²) in [6.07, 6.45) is 5.93. The van der Waals surface area contributed by atoms with Crippen LogP contribution in [0.25, 0.3) is 0 Å². The highest BCUT2D eigenvalue weighted by Gasteiger charge is 2.22. The number of benzene rings is 1. The molecule has 1 aliphatic heterocycles. The molecule has 1 aromatic carbocycles. The second-order valence-electron chi connectivity index (χ2n) is 6.91. The molecule has 2 heterocycles. The number of methoxy groups -OCH3 is 1. The van der Waals surface area contributed by atoms with E-state index < -0.39 is 0 Å². The Kier molecular flexibility index (Phi) is 6.20. The number of piperidine rings is 1. The molecule has 0 amide bonds. The molecule has 0 radical (unpaired) electrons. The first-order chi connectivity index (χ1) is 13.5. The van der Waals surface area contributed by atoms with Crippen LogP contribution in [0.4, 0.5) is 11.5 Å². The maximum Gasteiger partial charge on any atom is 0.151 e. The van der Waals surface area contributed by atoms with Gasteiger partial charge in [-0.2, -0.15) is 5.10 Å². The van der Waals surface area contributed by atoms with Crippen LogP contribution in [0, 0.1) is 5.41 Å². The minimum Gasteiger partial charge on any atom is -0.497 e. The zero-order valence-electron chi connectivity index (χ0n) is 16.5. The van der Waals surface area contributed by atoms with E-state index in [-0.39, 0.29) is 0 Å². The fraction of sp³-hybridized carbons (Fsp3) is 0.400. The molecular formula is C20H29N7O. The lowest BCUT2D eigenvalue weighted by atomic mass is 10.0. The van der Waals surface area contributed by atoms with E-state index in [9.17, 15) is 0 Å². The molecule has 8 nitrogen and oxygen atoms in total. The van der Waals surface area contributed by atoms with Crippen molar-refractivity contribution < 1.29 is 4.74 Å². The Morgan fingerprint density at radius 3 is 2.79 bits per heavy atom. The van der Waals surface area contributed by atoms with E-state index in [0.29, 0.717) is 35.3 Å². The second-order valence-corrected chi connectivity index (χ2v) is 6.91. The highest BCUT2D eigenvalue weighted by atomic mass is 16.5. The van der Waals surface area contributed by atoms with E-state index in [4.69, 9.17) is 21.6 Å². The molecule has 0 unspecified atom stereocenters. The van der Waals surface area contributed by atoms with E-state index in [1.54, 1.807) is 30.0 Å². The third-order valence-corrected chi connectivity index (χ3v) is 5.06. The summed E-state index contributed by atoms with van der Waals surface area (Å²) in [5, 5.41) is 16.7. The molecule has 0 spiro atoms. The number of anilines is 2. The van der Waals surface area contributed by atoms with E-state index in [1.807, 2.05) is 25.4 Å². The zero-order chi connectivity index (χ0) is 20.1. The summed E-state index contributed by atoms with van der Waals surface area (Å²) in [6, 6.07) is 7.76. The Morgan fingerprint density at radius 2 is 2.11 bits per heavy atom. The molecule has 1 aliphatic rings. The predicted molar refractivity (Wildman–Crippen MR) is 113 cm³/mol. The van der Waals surface area contributed by atoms with Gasteiger partial charge in [-0.15, -0.1) is 0 Å². The van der Waals surface area contributed by atoms with Gasteiger partial charge < -0.3 is 26.4 Å². The van der Waals surface area contributed by atoms with Crippen LogP contribution in [0.15, 0.2) is 36.5 Å². The minimum absolute atomic E-state index is 0.334. The van der Waals surface area contributed by atoms with Crippen molar-refractivity contribution in [1.82, 2.24) is 15.1 Å². The number of aryl methyl sites for hydroxylation is 1. The average molecular weight is 384 g/mol.